The Labute approximate surface area is 149 Å². The third-order valence-corrected chi connectivity index (χ3v) is 4.87. The van der Waals surface area contributed by atoms with Gasteiger partial charge in [-0.1, -0.05) is 0 Å². The molecule has 132 valence electrons. The summed E-state index contributed by atoms with van der Waals surface area (Å²) in [6.45, 7) is 0.943. The van der Waals surface area contributed by atoms with Crippen LogP contribution in [0.4, 0.5) is 5.82 Å². The summed E-state index contributed by atoms with van der Waals surface area (Å²) in [5.41, 5.74) is 2.22. The van der Waals surface area contributed by atoms with Crippen LogP contribution in [-0.4, -0.2) is 44.0 Å². The van der Waals surface area contributed by atoms with E-state index in [4.69, 9.17) is 4.74 Å². The summed E-state index contributed by atoms with van der Waals surface area (Å²) in [6.07, 6.45) is 5.56. The highest BCUT2D eigenvalue weighted by molar-refractivity contribution is 5.71. The lowest BCUT2D eigenvalue weighted by atomic mass is 10.1. The van der Waals surface area contributed by atoms with Gasteiger partial charge in [0.15, 0.2) is 5.65 Å². The zero-order valence-corrected chi connectivity index (χ0v) is 14.1. The summed E-state index contributed by atoms with van der Waals surface area (Å²) in [7, 11) is 0. The van der Waals surface area contributed by atoms with Crippen LogP contribution in [-0.2, 0) is 4.74 Å². The number of rotatable bonds is 4. The van der Waals surface area contributed by atoms with Gasteiger partial charge < -0.3 is 10.1 Å². The lowest BCUT2D eigenvalue weighted by Crippen LogP contribution is -2.37. The van der Waals surface area contributed by atoms with Crippen LogP contribution >= 0.6 is 0 Å². The molecule has 2 aliphatic rings. The second-order valence-electron chi connectivity index (χ2n) is 6.77. The van der Waals surface area contributed by atoms with Gasteiger partial charge in [-0.15, -0.1) is 0 Å². The van der Waals surface area contributed by atoms with Crippen LogP contribution < -0.4 is 10.9 Å². The summed E-state index contributed by atoms with van der Waals surface area (Å²) < 4.78 is 7.21. The van der Waals surface area contributed by atoms with Gasteiger partial charge in [-0.2, -0.15) is 5.10 Å². The van der Waals surface area contributed by atoms with Gasteiger partial charge in [0.1, 0.15) is 17.4 Å². The zero-order chi connectivity index (χ0) is 17.5. The first-order valence-electron chi connectivity index (χ1n) is 8.80. The maximum atomic E-state index is 12.4. The molecule has 8 heteroatoms. The monoisotopic (exact) mass is 350 g/mol. The highest BCUT2D eigenvalue weighted by Crippen LogP contribution is 2.38. The van der Waals surface area contributed by atoms with Crippen molar-refractivity contribution in [1.82, 2.24) is 24.7 Å². The molecule has 1 saturated carbocycles. The van der Waals surface area contributed by atoms with E-state index >= 15 is 0 Å². The van der Waals surface area contributed by atoms with Gasteiger partial charge in [-0.3, -0.25) is 9.78 Å². The molecule has 26 heavy (non-hydrogen) atoms. The predicted octanol–water partition coefficient (Wildman–Crippen LogP) is 1.51. The normalized spacial score (nSPS) is 22.6. The highest BCUT2D eigenvalue weighted by atomic mass is 16.5. The smallest absolute Gasteiger partial charge is 0.267 e. The molecule has 2 fully saturated rings. The SMILES string of the molecule is O=c1ccc(C2CC2)nn1C1COCC1Nc1ccc2nccnc2n1. The minimum Gasteiger partial charge on any atom is -0.377 e. The molecule has 0 amide bonds. The third-order valence-electron chi connectivity index (χ3n) is 4.87. The minimum absolute atomic E-state index is 0.0868. The average Bonchev–Trinajstić information content (AvgIpc) is 3.42. The molecular formula is C18H18N6O2. The van der Waals surface area contributed by atoms with Gasteiger partial charge in [-0.05, 0) is 31.0 Å². The van der Waals surface area contributed by atoms with Crippen molar-refractivity contribution < 1.29 is 4.74 Å². The Morgan fingerprint density at radius 3 is 2.85 bits per heavy atom. The Hall–Kier alpha value is -2.87. The molecule has 0 aromatic carbocycles. The fourth-order valence-electron chi connectivity index (χ4n) is 3.32. The number of pyridine rings is 1. The fourth-order valence-corrected chi connectivity index (χ4v) is 3.32. The second kappa shape index (κ2) is 6.14. The fraction of sp³-hybridized carbons (Fsp3) is 0.389. The lowest BCUT2D eigenvalue weighted by molar-refractivity contribution is 0.182. The van der Waals surface area contributed by atoms with Gasteiger partial charge in [0.25, 0.3) is 5.56 Å². The van der Waals surface area contributed by atoms with Crippen molar-refractivity contribution >= 4 is 17.0 Å². The number of hydrogen-bond donors (Lipinski definition) is 1. The van der Waals surface area contributed by atoms with E-state index in [9.17, 15) is 4.79 Å². The second-order valence-corrected chi connectivity index (χ2v) is 6.77. The van der Waals surface area contributed by atoms with E-state index in [0.29, 0.717) is 30.6 Å². The molecule has 0 radical (unpaired) electrons. The molecule has 3 aromatic rings. The van der Waals surface area contributed by atoms with E-state index in [-0.39, 0.29) is 17.6 Å². The Kier molecular flexibility index (Phi) is 3.63. The predicted molar refractivity (Wildman–Crippen MR) is 95.1 cm³/mol. The number of aromatic nitrogens is 5. The van der Waals surface area contributed by atoms with E-state index in [1.165, 1.54) is 0 Å². The minimum atomic E-state index is -0.166. The molecular weight excluding hydrogens is 332 g/mol. The Balaban J connectivity index is 1.43. The molecule has 1 aliphatic heterocycles. The molecule has 2 atom stereocenters. The van der Waals surface area contributed by atoms with Crippen molar-refractivity contribution in [2.24, 2.45) is 0 Å². The lowest BCUT2D eigenvalue weighted by Gasteiger charge is -2.21. The van der Waals surface area contributed by atoms with Crippen LogP contribution in [0, 0.1) is 0 Å². The van der Waals surface area contributed by atoms with Crippen molar-refractivity contribution in [1.29, 1.82) is 0 Å². The molecule has 0 spiro atoms. The zero-order valence-electron chi connectivity index (χ0n) is 14.1. The van der Waals surface area contributed by atoms with Crippen LogP contribution in [0.2, 0.25) is 0 Å². The van der Waals surface area contributed by atoms with Crippen molar-refractivity contribution in [3.8, 4) is 0 Å². The first-order valence-corrected chi connectivity index (χ1v) is 8.80. The van der Waals surface area contributed by atoms with Gasteiger partial charge in [0.05, 0.1) is 24.9 Å². The molecule has 1 saturated heterocycles. The van der Waals surface area contributed by atoms with Crippen molar-refractivity contribution in [3.05, 3.63) is 52.7 Å². The van der Waals surface area contributed by atoms with E-state index in [2.05, 4.69) is 25.4 Å². The molecule has 2 unspecified atom stereocenters. The van der Waals surface area contributed by atoms with Crippen LogP contribution in [0.1, 0.15) is 30.5 Å². The summed E-state index contributed by atoms with van der Waals surface area (Å²) in [5.74, 6) is 1.18. The molecule has 0 bridgehead atoms. The van der Waals surface area contributed by atoms with Gasteiger partial charge in [0.2, 0.25) is 0 Å². The molecule has 3 aromatic heterocycles. The summed E-state index contributed by atoms with van der Waals surface area (Å²) in [4.78, 5) is 25.3. The number of fused-ring (bicyclic) bond motifs is 1. The Morgan fingerprint density at radius 1 is 1.08 bits per heavy atom. The quantitative estimate of drug-likeness (QED) is 0.762. The van der Waals surface area contributed by atoms with E-state index in [0.717, 1.165) is 24.1 Å². The van der Waals surface area contributed by atoms with Crippen LogP contribution in [0.3, 0.4) is 0 Å². The van der Waals surface area contributed by atoms with Gasteiger partial charge in [-0.25, -0.2) is 14.6 Å². The summed E-state index contributed by atoms with van der Waals surface area (Å²) in [5, 5.41) is 7.97. The van der Waals surface area contributed by atoms with Crippen molar-refractivity contribution in [3.63, 3.8) is 0 Å². The molecule has 4 heterocycles. The number of hydrogen-bond acceptors (Lipinski definition) is 7. The highest BCUT2D eigenvalue weighted by Gasteiger charge is 2.33. The van der Waals surface area contributed by atoms with Crippen molar-refractivity contribution in [2.45, 2.75) is 30.8 Å². The molecule has 1 N–H and O–H groups in total. The first kappa shape index (κ1) is 15.4. The standard InChI is InChI=1S/C18H18N6O2/c25-17-6-4-12(11-1-2-11)23-24(17)15-10-26-9-14(15)21-16-5-3-13-18(22-16)20-8-7-19-13/h3-8,11,14-15H,1-2,9-10H2,(H,20,21,22). The van der Waals surface area contributed by atoms with Crippen LogP contribution in [0.25, 0.3) is 11.2 Å². The third kappa shape index (κ3) is 2.82. The number of anilines is 1. The number of nitrogens with one attached hydrogen (secondary N) is 1. The Morgan fingerprint density at radius 2 is 1.96 bits per heavy atom. The number of ether oxygens (including phenoxy) is 1. The first-order chi connectivity index (χ1) is 12.8. The van der Waals surface area contributed by atoms with Gasteiger partial charge in [0, 0.05) is 24.4 Å². The average molecular weight is 350 g/mol. The maximum Gasteiger partial charge on any atom is 0.267 e. The van der Waals surface area contributed by atoms with E-state index in [1.807, 2.05) is 18.2 Å². The van der Waals surface area contributed by atoms with Crippen LogP contribution in [0.5, 0.6) is 0 Å². The van der Waals surface area contributed by atoms with Crippen LogP contribution in [0.15, 0.2) is 41.5 Å². The summed E-state index contributed by atoms with van der Waals surface area (Å²) >= 11 is 0. The largest absolute Gasteiger partial charge is 0.377 e. The molecule has 1 aliphatic carbocycles. The maximum absolute atomic E-state index is 12.4. The van der Waals surface area contributed by atoms with E-state index < -0.39 is 0 Å². The Bertz CT molecular complexity index is 1020. The molecule has 8 nitrogen and oxygen atoms in total. The number of nitrogens with zero attached hydrogens (tertiary/aromatic N) is 5. The topological polar surface area (TPSA) is 94.8 Å². The van der Waals surface area contributed by atoms with Gasteiger partial charge >= 0.3 is 0 Å². The summed E-state index contributed by atoms with van der Waals surface area (Å²) in [6, 6.07) is 6.94. The van der Waals surface area contributed by atoms with E-state index in [1.54, 1.807) is 23.1 Å². The van der Waals surface area contributed by atoms with Crippen molar-refractivity contribution in [2.75, 3.05) is 18.5 Å². The molecule has 5 rings (SSSR count).